The van der Waals surface area contributed by atoms with E-state index < -0.39 is 0 Å². The van der Waals surface area contributed by atoms with Crippen LogP contribution in [0, 0.1) is 0 Å². The van der Waals surface area contributed by atoms with Crippen molar-refractivity contribution in [1.29, 1.82) is 0 Å². The maximum atomic E-state index is 11.9. The van der Waals surface area contributed by atoms with Crippen molar-refractivity contribution in [3.05, 3.63) is 34.9 Å². The molecule has 2 unspecified atom stereocenters. The maximum Gasteiger partial charge on any atom is 0.237 e. The molecule has 0 aliphatic carbocycles. The Balaban J connectivity index is 2.40. The Morgan fingerprint density at radius 2 is 2.00 bits per heavy atom. The summed E-state index contributed by atoms with van der Waals surface area (Å²) in [5.74, 6) is 0.0352. The lowest BCUT2D eigenvalue weighted by Gasteiger charge is -2.18. The van der Waals surface area contributed by atoms with E-state index in [0.717, 1.165) is 23.4 Å². The van der Waals surface area contributed by atoms with Gasteiger partial charge in [-0.2, -0.15) is 0 Å². The lowest BCUT2D eigenvalue weighted by atomic mass is 10.1. The summed E-state index contributed by atoms with van der Waals surface area (Å²) >= 11 is 6.07. The molecule has 0 aromatic heterocycles. The number of hydrogen-bond acceptors (Lipinski definition) is 2. The van der Waals surface area contributed by atoms with Crippen LogP contribution in [0.1, 0.15) is 39.2 Å². The number of amides is 1. The Morgan fingerprint density at radius 3 is 2.63 bits per heavy atom. The first kappa shape index (κ1) is 16.0. The molecule has 1 aromatic rings. The molecule has 0 spiro atoms. The van der Waals surface area contributed by atoms with Crippen molar-refractivity contribution in [1.82, 2.24) is 10.6 Å². The Hall–Kier alpha value is -1.06. The molecule has 0 bridgehead atoms. The van der Waals surface area contributed by atoms with E-state index in [9.17, 15) is 4.79 Å². The van der Waals surface area contributed by atoms with Crippen LogP contribution < -0.4 is 10.6 Å². The number of halogens is 1. The van der Waals surface area contributed by atoms with Crippen LogP contribution in [0.2, 0.25) is 5.02 Å². The smallest absolute Gasteiger partial charge is 0.237 e. The van der Waals surface area contributed by atoms with E-state index in [1.165, 1.54) is 0 Å². The molecule has 0 radical (unpaired) electrons. The van der Waals surface area contributed by atoms with Gasteiger partial charge in [-0.05, 0) is 31.9 Å². The Labute approximate surface area is 120 Å². The normalized spacial score (nSPS) is 13.9. The molecule has 3 nitrogen and oxygen atoms in total. The summed E-state index contributed by atoms with van der Waals surface area (Å²) in [7, 11) is 0. The van der Waals surface area contributed by atoms with Crippen molar-refractivity contribution in [3.63, 3.8) is 0 Å². The van der Waals surface area contributed by atoms with Gasteiger partial charge in [0.2, 0.25) is 5.91 Å². The highest BCUT2D eigenvalue weighted by atomic mass is 35.5. The van der Waals surface area contributed by atoms with Gasteiger partial charge in [-0.15, -0.1) is 0 Å². The standard InChI is InChI=1S/C15H23ClN2O/c1-4-7-11(2)18-15(19)12(3)17-10-13-8-5-6-9-14(13)16/h5-6,8-9,11-12,17H,4,7,10H2,1-3H3,(H,18,19). The van der Waals surface area contributed by atoms with E-state index >= 15 is 0 Å². The van der Waals surface area contributed by atoms with Crippen LogP contribution in [0.5, 0.6) is 0 Å². The van der Waals surface area contributed by atoms with E-state index in [1.54, 1.807) is 0 Å². The zero-order valence-electron chi connectivity index (χ0n) is 11.9. The average molecular weight is 283 g/mol. The number of carbonyl (C=O) groups is 1. The summed E-state index contributed by atoms with van der Waals surface area (Å²) < 4.78 is 0. The van der Waals surface area contributed by atoms with Crippen LogP contribution >= 0.6 is 11.6 Å². The molecule has 0 saturated carbocycles. The molecule has 0 aliphatic heterocycles. The SMILES string of the molecule is CCCC(C)NC(=O)C(C)NCc1ccccc1Cl. The van der Waals surface area contributed by atoms with Crippen LogP contribution in [0.3, 0.4) is 0 Å². The zero-order chi connectivity index (χ0) is 14.3. The lowest BCUT2D eigenvalue weighted by Crippen LogP contribution is -2.45. The van der Waals surface area contributed by atoms with E-state index in [4.69, 9.17) is 11.6 Å². The number of benzene rings is 1. The molecule has 4 heteroatoms. The summed E-state index contributed by atoms with van der Waals surface area (Å²) in [6.45, 7) is 6.60. The van der Waals surface area contributed by atoms with Crippen molar-refractivity contribution in [2.24, 2.45) is 0 Å². The second-order valence-corrected chi connectivity index (χ2v) is 5.30. The third-order valence-corrected chi connectivity index (χ3v) is 3.43. The van der Waals surface area contributed by atoms with Gasteiger partial charge in [0.25, 0.3) is 0 Å². The summed E-state index contributed by atoms with van der Waals surface area (Å²) in [6.07, 6.45) is 2.08. The number of carbonyl (C=O) groups excluding carboxylic acids is 1. The van der Waals surface area contributed by atoms with Gasteiger partial charge in [0.15, 0.2) is 0 Å². The average Bonchev–Trinajstić information content (AvgIpc) is 2.37. The Kier molecular flexibility index (Phi) is 6.89. The predicted octanol–water partition coefficient (Wildman–Crippen LogP) is 3.12. The first-order chi connectivity index (χ1) is 9.04. The minimum Gasteiger partial charge on any atom is -0.352 e. The first-order valence-electron chi connectivity index (χ1n) is 6.81. The quantitative estimate of drug-likeness (QED) is 0.807. The van der Waals surface area contributed by atoms with E-state index in [-0.39, 0.29) is 18.0 Å². The maximum absolute atomic E-state index is 11.9. The van der Waals surface area contributed by atoms with Gasteiger partial charge in [-0.3, -0.25) is 4.79 Å². The molecule has 1 amide bonds. The molecule has 1 rings (SSSR count). The van der Waals surface area contributed by atoms with Crippen LogP contribution in [-0.2, 0) is 11.3 Å². The lowest BCUT2D eigenvalue weighted by molar-refractivity contribution is -0.123. The monoisotopic (exact) mass is 282 g/mol. The van der Waals surface area contributed by atoms with Crippen molar-refractivity contribution in [2.45, 2.75) is 52.2 Å². The van der Waals surface area contributed by atoms with E-state index in [0.29, 0.717) is 6.54 Å². The highest BCUT2D eigenvalue weighted by Gasteiger charge is 2.14. The molecule has 0 aliphatic rings. The molecule has 2 N–H and O–H groups in total. The number of nitrogens with one attached hydrogen (secondary N) is 2. The molecule has 2 atom stereocenters. The topological polar surface area (TPSA) is 41.1 Å². The second-order valence-electron chi connectivity index (χ2n) is 4.89. The molecule has 19 heavy (non-hydrogen) atoms. The summed E-state index contributed by atoms with van der Waals surface area (Å²) in [5, 5.41) is 6.91. The second kappa shape index (κ2) is 8.18. The van der Waals surface area contributed by atoms with Gasteiger partial charge in [-0.1, -0.05) is 43.1 Å². The molecule has 106 valence electrons. The van der Waals surface area contributed by atoms with Gasteiger partial charge in [0.05, 0.1) is 6.04 Å². The predicted molar refractivity (Wildman–Crippen MR) is 80.3 cm³/mol. The van der Waals surface area contributed by atoms with Crippen molar-refractivity contribution in [2.75, 3.05) is 0 Å². The molecule has 0 saturated heterocycles. The van der Waals surface area contributed by atoms with Crippen LogP contribution in [0.4, 0.5) is 0 Å². The third-order valence-electron chi connectivity index (χ3n) is 3.06. The van der Waals surface area contributed by atoms with Gasteiger partial charge in [-0.25, -0.2) is 0 Å². The van der Waals surface area contributed by atoms with E-state index in [2.05, 4.69) is 17.6 Å². The number of hydrogen-bond donors (Lipinski definition) is 2. The fourth-order valence-electron chi connectivity index (χ4n) is 1.87. The van der Waals surface area contributed by atoms with Crippen molar-refractivity contribution < 1.29 is 4.79 Å². The molecular formula is C15H23ClN2O. The molecule has 1 aromatic carbocycles. The highest BCUT2D eigenvalue weighted by molar-refractivity contribution is 6.31. The van der Waals surface area contributed by atoms with Crippen LogP contribution in [0.25, 0.3) is 0 Å². The Bertz CT molecular complexity index is 409. The number of rotatable bonds is 7. The van der Waals surface area contributed by atoms with Gasteiger partial charge in [0.1, 0.15) is 0 Å². The minimum absolute atomic E-state index is 0.0352. The summed E-state index contributed by atoms with van der Waals surface area (Å²) in [5.41, 5.74) is 1.01. The van der Waals surface area contributed by atoms with Crippen LogP contribution in [-0.4, -0.2) is 18.0 Å². The van der Waals surface area contributed by atoms with Gasteiger partial charge < -0.3 is 10.6 Å². The molecule has 0 heterocycles. The summed E-state index contributed by atoms with van der Waals surface area (Å²) in [6, 6.07) is 7.65. The zero-order valence-corrected chi connectivity index (χ0v) is 12.6. The molecular weight excluding hydrogens is 260 g/mol. The van der Waals surface area contributed by atoms with Crippen molar-refractivity contribution in [3.8, 4) is 0 Å². The third kappa shape index (κ3) is 5.62. The highest BCUT2D eigenvalue weighted by Crippen LogP contribution is 2.14. The van der Waals surface area contributed by atoms with Gasteiger partial charge in [0, 0.05) is 17.6 Å². The largest absolute Gasteiger partial charge is 0.352 e. The first-order valence-corrected chi connectivity index (χ1v) is 7.19. The van der Waals surface area contributed by atoms with E-state index in [1.807, 2.05) is 38.1 Å². The minimum atomic E-state index is -0.226. The fraction of sp³-hybridized carbons (Fsp3) is 0.533. The fourth-order valence-corrected chi connectivity index (χ4v) is 2.07. The summed E-state index contributed by atoms with van der Waals surface area (Å²) in [4.78, 5) is 11.9. The van der Waals surface area contributed by atoms with Crippen molar-refractivity contribution >= 4 is 17.5 Å². The molecule has 0 fully saturated rings. The van der Waals surface area contributed by atoms with Gasteiger partial charge >= 0.3 is 0 Å². The van der Waals surface area contributed by atoms with Crippen LogP contribution in [0.15, 0.2) is 24.3 Å². The Morgan fingerprint density at radius 1 is 1.32 bits per heavy atom.